The Morgan fingerprint density at radius 1 is 1.47 bits per heavy atom. The van der Waals surface area contributed by atoms with Crippen LogP contribution in [0, 0.1) is 5.82 Å². The summed E-state index contributed by atoms with van der Waals surface area (Å²) in [7, 11) is 0. The van der Waals surface area contributed by atoms with Gasteiger partial charge in [0.15, 0.2) is 0 Å². The predicted octanol–water partition coefficient (Wildman–Crippen LogP) is 1.86. The maximum atomic E-state index is 13.2. The molecule has 2 aliphatic rings. The second kappa shape index (κ2) is 5.19. The van der Waals surface area contributed by atoms with E-state index in [0.29, 0.717) is 6.04 Å². The number of halogens is 1. The van der Waals surface area contributed by atoms with Crippen LogP contribution in [0.1, 0.15) is 30.5 Å². The van der Waals surface area contributed by atoms with Crippen LogP contribution in [0.25, 0.3) is 0 Å². The highest BCUT2D eigenvalue weighted by Gasteiger charge is 2.32. The normalized spacial score (nSPS) is 29.2. The van der Waals surface area contributed by atoms with E-state index >= 15 is 0 Å². The Morgan fingerprint density at radius 2 is 2.32 bits per heavy atom. The molecule has 1 aliphatic carbocycles. The van der Waals surface area contributed by atoms with E-state index in [4.69, 9.17) is 10.5 Å². The Hall–Kier alpha value is -0.970. The summed E-state index contributed by atoms with van der Waals surface area (Å²) < 4.78 is 19.0. The van der Waals surface area contributed by atoms with Crippen molar-refractivity contribution in [3.63, 3.8) is 0 Å². The molecule has 4 heteroatoms. The molecular formula is C15H21FN2O. The molecule has 3 unspecified atom stereocenters. The molecule has 0 amide bonds. The number of hydrogen-bond donors (Lipinski definition) is 1. The van der Waals surface area contributed by atoms with Crippen LogP contribution in [0.2, 0.25) is 0 Å². The number of benzene rings is 1. The quantitative estimate of drug-likeness (QED) is 0.886. The van der Waals surface area contributed by atoms with Gasteiger partial charge in [0.2, 0.25) is 0 Å². The molecule has 0 bridgehead atoms. The number of nitrogens with zero attached hydrogens (tertiary/aromatic N) is 1. The number of ether oxygens (including phenoxy) is 1. The first-order valence-electron chi connectivity index (χ1n) is 7.04. The lowest BCUT2D eigenvalue weighted by Crippen LogP contribution is -2.50. The lowest BCUT2D eigenvalue weighted by Gasteiger charge is -2.38. The molecule has 3 nitrogen and oxygen atoms in total. The Morgan fingerprint density at radius 3 is 3.11 bits per heavy atom. The number of hydrogen-bond acceptors (Lipinski definition) is 3. The fourth-order valence-electron chi connectivity index (χ4n) is 3.24. The minimum absolute atomic E-state index is 0.0527. The maximum Gasteiger partial charge on any atom is 0.123 e. The molecule has 0 spiro atoms. The van der Waals surface area contributed by atoms with Gasteiger partial charge in [-0.25, -0.2) is 4.39 Å². The fraction of sp³-hybridized carbons (Fsp3) is 0.600. The number of aryl methyl sites for hydroxylation is 1. The first kappa shape index (κ1) is 13.0. The molecule has 0 aromatic heterocycles. The van der Waals surface area contributed by atoms with Gasteiger partial charge >= 0.3 is 0 Å². The van der Waals surface area contributed by atoms with Gasteiger partial charge in [-0.15, -0.1) is 0 Å². The van der Waals surface area contributed by atoms with Gasteiger partial charge in [0.05, 0.1) is 12.7 Å². The maximum absolute atomic E-state index is 13.2. The number of fused-ring (bicyclic) bond motifs is 1. The highest BCUT2D eigenvalue weighted by molar-refractivity contribution is 5.35. The predicted molar refractivity (Wildman–Crippen MR) is 72.4 cm³/mol. The summed E-state index contributed by atoms with van der Waals surface area (Å²) in [6.45, 7) is 4.54. The van der Waals surface area contributed by atoms with E-state index < -0.39 is 0 Å². The number of nitrogens with two attached hydrogens (primary N) is 1. The van der Waals surface area contributed by atoms with E-state index in [1.54, 1.807) is 12.1 Å². The Kier molecular flexibility index (Phi) is 3.56. The van der Waals surface area contributed by atoms with Gasteiger partial charge in [-0.1, -0.05) is 6.07 Å². The van der Waals surface area contributed by atoms with E-state index in [1.165, 1.54) is 5.56 Å². The van der Waals surface area contributed by atoms with E-state index in [1.807, 2.05) is 13.0 Å². The molecule has 19 heavy (non-hydrogen) atoms. The number of morpholine rings is 1. The third-order valence-corrected chi connectivity index (χ3v) is 4.30. The zero-order valence-electron chi connectivity index (χ0n) is 11.3. The van der Waals surface area contributed by atoms with Crippen LogP contribution < -0.4 is 5.73 Å². The van der Waals surface area contributed by atoms with Crippen LogP contribution in [0.3, 0.4) is 0 Å². The van der Waals surface area contributed by atoms with Crippen molar-refractivity contribution in [1.29, 1.82) is 0 Å². The summed E-state index contributed by atoms with van der Waals surface area (Å²) in [6.07, 6.45) is 2.15. The summed E-state index contributed by atoms with van der Waals surface area (Å²) in [4.78, 5) is 2.45. The summed E-state index contributed by atoms with van der Waals surface area (Å²) in [6, 6.07) is 5.65. The van der Waals surface area contributed by atoms with Crippen molar-refractivity contribution in [2.75, 3.05) is 19.7 Å². The molecule has 1 heterocycles. The molecule has 3 rings (SSSR count). The summed E-state index contributed by atoms with van der Waals surface area (Å²) in [5.41, 5.74) is 8.39. The summed E-state index contributed by atoms with van der Waals surface area (Å²) in [5.74, 6) is -0.130. The lowest BCUT2D eigenvalue weighted by atomic mass is 10.0. The van der Waals surface area contributed by atoms with Crippen molar-refractivity contribution >= 4 is 0 Å². The van der Waals surface area contributed by atoms with Crippen LogP contribution in [0.5, 0.6) is 0 Å². The standard InChI is InChI=1S/C15H21FN2O/c1-10(17)15-9-18(6-7-19-15)14-5-2-11-8-12(16)3-4-13(11)14/h3-4,8,10,14-15H,2,5-7,9,17H2,1H3. The van der Waals surface area contributed by atoms with Crippen molar-refractivity contribution < 1.29 is 9.13 Å². The second-order valence-corrected chi connectivity index (χ2v) is 5.66. The SMILES string of the molecule is CC(N)C1CN(C2CCc3cc(F)ccc32)CCO1. The van der Waals surface area contributed by atoms with Crippen molar-refractivity contribution in [3.8, 4) is 0 Å². The molecule has 1 aromatic rings. The highest BCUT2D eigenvalue weighted by Crippen LogP contribution is 2.36. The Bertz CT molecular complexity index is 463. The van der Waals surface area contributed by atoms with Gasteiger partial charge in [-0.3, -0.25) is 4.90 Å². The summed E-state index contributed by atoms with van der Waals surface area (Å²) >= 11 is 0. The van der Waals surface area contributed by atoms with Crippen molar-refractivity contribution in [2.45, 2.75) is 38.0 Å². The molecule has 0 saturated carbocycles. The second-order valence-electron chi connectivity index (χ2n) is 5.66. The van der Waals surface area contributed by atoms with Gasteiger partial charge in [0.25, 0.3) is 0 Å². The third kappa shape index (κ3) is 2.53. The molecule has 104 valence electrons. The smallest absolute Gasteiger partial charge is 0.123 e. The molecule has 2 N–H and O–H groups in total. The van der Waals surface area contributed by atoms with Crippen molar-refractivity contribution in [3.05, 3.63) is 35.1 Å². The average Bonchev–Trinajstić information content (AvgIpc) is 2.81. The molecule has 1 saturated heterocycles. The van der Waals surface area contributed by atoms with E-state index in [-0.39, 0.29) is 18.0 Å². The van der Waals surface area contributed by atoms with Crippen LogP contribution in [0.4, 0.5) is 4.39 Å². The van der Waals surface area contributed by atoms with Gasteiger partial charge in [-0.05, 0) is 43.0 Å². The minimum Gasteiger partial charge on any atom is -0.374 e. The van der Waals surface area contributed by atoms with Crippen molar-refractivity contribution in [2.24, 2.45) is 5.73 Å². The third-order valence-electron chi connectivity index (χ3n) is 4.30. The summed E-state index contributed by atoms with van der Waals surface area (Å²) in [5, 5.41) is 0. The van der Waals surface area contributed by atoms with E-state index in [9.17, 15) is 4.39 Å². The zero-order valence-corrected chi connectivity index (χ0v) is 11.3. The van der Waals surface area contributed by atoms with Crippen molar-refractivity contribution in [1.82, 2.24) is 4.90 Å². The molecule has 1 aliphatic heterocycles. The Balaban J connectivity index is 1.78. The van der Waals surface area contributed by atoms with Gasteiger partial charge < -0.3 is 10.5 Å². The number of rotatable bonds is 2. The molecular weight excluding hydrogens is 243 g/mol. The minimum atomic E-state index is -0.130. The highest BCUT2D eigenvalue weighted by atomic mass is 19.1. The molecule has 3 atom stereocenters. The van der Waals surface area contributed by atoms with Gasteiger partial charge in [-0.2, -0.15) is 0 Å². The van der Waals surface area contributed by atoms with Crippen LogP contribution in [-0.4, -0.2) is 36.7 Å². The molecule has 0 radical (unpaired) electrons. The van der Waals surface area contributed by atoms with Gasteiger partial charge in [0, 0.05) is 25.2 Å². The first-order chi connectivity index (χ1) is 9.15. The first-order valence-corrected chi connectivity index (χ1v) is 7.04. The zero-order chi connectivity index (χ0) is 13.4. The van der Waals surface area contributed by atoms with Crippen LogP contribution in [-0.2, 0) is 11.2 Å². The van der Waals surface area contributed by atoms with E-state index in [2.05, 4.69) is 4.90 Å². The fourth-order valence-corrected chi connectivity index (χ4v) is 3.24. The van der Waals surface area contributed by atoms with E-state index in [0.717, 1.165) is 38.1 Å². The van der Waals surface area contributed by atoms with Gasteiger partial charge in [0.1, 0.15) is 5.82 Å². The lowest BCUT2D eigenvalue weighted by molar-refractivity contribution is -0.0519. The largest absolute Gasteiger partial charge is 0.374 e. The monoisotopic (exact) mass is 264 g/mol. The topological polar surface area (TPSA) is 38.5 Å². The Labute approximate surface area is 113 Å². The average molecular weight is 264 g/mol. The van der Waals surface area contributed by atoms with Crippen LogP contribution in [0.15, 0.2) is 18.2 Å². The van der Waals surface area contributed by atoms with Crippen LogP contribution >= 0.6 is 0 Å². The molecule has 1 aromatic carbocycles. The molecule has 1 fully saturated rings.